The van der Waals surface area contributed by atoms with E-state index in [2.05, 4.69) is 0 Å². The predicted octanol–water partition coefficient (Wildman–Crippen LogP) is -0.660. The average Bonchev–Trinajstić information content (AvgIpc) is 2.59. The van der Waals surface area contributed by atoms with Crippen LogP contribution in [0.1, 0.15) is 12.0 Å². The van der Waals surface area contributed by atoms with Gasteiger partial charge in [-0.3, -0.25) is 9.05 Å². The fourth-order valence-corrected chi connectivity index (χ4v) is 4.38. The van der Waals surface area contributed by atoms with Gasteiger partial charge < -0.3 is 30.1 Å². The lowest BCUT2D eigenvalue weighted by molar-refractivity contribution is -0.219. The number of phosphoric ester groups is 1. The van der Waals surface area contributed by atoms with Gasteiger partial charge in [-0.2, -0.15) is 0 Å². The SMILES string of the molecule is O=P1(OC2[C@H](O)[C@H](O)C(O)[C@H](O)[C@H]2O)OCCCc2ccccc2O1. The minimum absolute atomic E-state index is 0.0538. The molecule has 3 unspecified atom stereocenters. The number of fused-ring (bicyclic) bond motifs is 1. The van der Waals surface area contributed by atoms with Crippen LogP contribution in [0.3, 0.4) is 0 Å². The van der Waals surface area contributed by atoms with Crippen LogP contribution in [0.4, 0.5) is 0 Å². The standard InChI is InChI=1S/C15H21O9P/c16-10-11(17)13(19)15(14(20)12(10)18)24-25(21)22-7-3-5-8-4-1-2-6-9(8)23-25/h1-2,4,6,10-20H,3,5,7H2/t10?,11-,12+,13-,14-,15?,25?/m1/s1. The first kappa shape index (κ1) is 18.8. The maximum absolute atomic E-state index is 12.9. The number of rotatable bonds is 2. The third-order valence-electron chi connectivity index (χ3n) is 4.35. The van der Waals surface area contributed by atoms with Crippen LogP contribution in [0.25, 0.3) is 0 Å². The summed E-state index contributed by atoms with van der Waals surface area (Å²) in [6.07, 6.45) is -9.44. The third-order valence-corrected chi connectivity index (χ3v) is 5.77. The number of para-hydroxylation sites is 1. The van der Waals surface area contributed by atoms with Crippen molar-refractivity contribution in [3.05, 3.63) is 29.8 Å². The monoisotopic (exact) mass is 376 g/mol. The Labute approximate surface area is 144 Å². The van der Waals surface area contributed by atoms with Gasteiger partial charge in [-0.15, -0.1) is 0 Å². The molecule has 0 aromatic heterocycles. The summed E-state index contributed by atoms with van der Waals surface area (Å²) in [5, 5.41) is 49.1. The molecule has 0 radical (unpaired) electrons. The van der Waals surface area contributed by atoms with Gasteiger partial charge in [0.15, 0.2) is 0 Å². The molecule has 0 saturated heterocycles. The molecular weight excluding hydrogens is 355 g/mol. The molecular formula is C15H21O9P. The summed E-state index contributed by atoms with van der Waals surface area (Å²) in [4.78, 5) is 0. The van der Waals surface area contributed by atoms with Crippen molar-refractivity contribution < 1.29 is 43.7 Å². The summed E-state index contributed by atoms with van der Waals surface area (Å²) in [6.45, 7) is 0.0538. The van der Waals surface area contributed by atoms with Crippen molar-refractivity contribution in [3.63, 3.8) is 0 Å². The van der Waals surface area contributed by atoms with Crippen molar-refractivity contribution in [2.45, 2.75) is 49.5 Å². The Morgan fingerprint density at radius 2 is 1.56 bits per heavy atom. The van der Waals surface area contributed by atoms with Gasteiger partial charge in [0.25, 0.3) is 0 Å². The summed E-state index contributed by atoms with van der Waals surface area (Å²) in [5.74, 6) is 0.284. The highest BCUT2D eigenvalue weighted by atomic mass is 31.2. The van der Waals surface area contributed by atoms with Crippen molar-refractivity contribution >= 4 is 7.82 Å². The lowest BCUT2D eigenvalue weighted by Gasteiger charge is -2.42. The van der Waals surface area contributed by atoms with E-state index in [4.69, 9.17) is 13.6 Å². The number of hydrogen-bond donors (Lipinski definition) is 5. The molecule has 1 fully saturated rings. The molecule has 10 heteroatoms. The Hall–Kier alpha value is -1.03. The fourth-order valence-electron chi connectivity index (χ4n) is 2.91. The normalized spacial score (nSPS) is 42.0. The Bertz CT molecular complexity index is 638. The van der Waals surface area contributed by atoms with E-state index in [-0.39, 0.29) is 12.4 Å². The van der Waals surface area contributed by atoms with Gasteiger partial charge in [0.2, 0.25) is 0 Å². The molecule has 25 heavy (non-hydrogen) atoms. The number of hydrogen-bond acceptors (Lipinski definition) is 9. The number of aliphatic hydroxyl groups is 5. The van der Waals surface area contributed by atoms with Crippen LogP contribution in [-0.2, 0) is 20.0 Å². The zero-order chi connectivity index (χ0) is 18.2. The van der Waals surface area contributed by atoms with Crippen molar-refractivity contribution in [1.29, 1.82) is 0 Å². The van der Waals surface area contributed by atoms with E-state index in [0.717, 1.165) is 5.56 Å². The molecule has 7 atom stereocenters. The van der Waals surface area contributed by atoms with E-state index < -0.39 is 44.4 Å². The highest BCUT2D eigenvalue weighted by Gasteiger charge is 2.52. The van der Waals surface area contributed by atoms with Crippen LogP contribution < -0.4 is 4.52 Å². The minimum atomic E-state index is -4.26. The second-order valence-corrected chi connectivity index (χ2v) is 7.65. The lowest BCUT2D eigenvalue weighted by Crippen LogP contribution is -2.64. The van der Waals surface area contributed by atoms with Crippen molar-refractivity contribution in [2.75, 3.05) is 6.61 Å². The molecule has 1 aliphatic carbocycles. The number of aryl methyl sites for hydroxylation is 1. The van der Waals surface area contributed by atoms with Crippen LogP contribution in [0.5, 0.6) is 5.75 Å². The second-order valence-electron chi connectivity index (χ2n) is 6.11. The van der Waals surface area contributed by atoms with Crippen molar-refractivity contribution in [1.82, 2.24) is 0 Å². The number of phosphoric acid groups is 1. The minimum Gasteiger partial charge on any atom is -0.404 e. The van der Waals surface area contributed by atoms with Gasteiger partial charge in [-0.25, -0.2) is 4.57 Å². The third kappa shape index (κ3) is 3.74. The van der Waals surface area contributed by atoms with E-state index in [9.17, 15) is 30.1 Å². The fraction of sp³-hybridized carbons (Fsp3) is 0.600. The van der Waals surface area contributed by atoms with E-state index in [1.807, 2.05) is 0 Å². The second kappa shape index (κ2) is 7.30. The van der Waals surface area contributed by atoms with Crippen molar-refractivity contribution in [2.24, 2.45) is 0 Å². The van der Waals surface area contributed by atoms with Gasteiger partial charge in [0.05, 0.1) is 6.61 Å². The number of aliphatic hydroxyl groups excluding tert-OH is 5. The maximum atomic E-state index is 12.9. The quantitative estimate of drug-likeness (QED) is 0.425. The first-order chi connectivity index (χ1) is 11.8. The van der Waals surface area contributed by atoms with Crippen LogP contribution in [0.15, 0.2) is 24.3 Å². The van der Waals surface area contributed by atoms with Crippen LogP contribution in [-0.4, -0.2) is 68.8 Å². The topological polar surface area (TPSA) is 146 Å². The highest BCUT2D eigenvalue weighted by Crippen LogP contribution is 2.53. The van der Waals surface area contributed by atoms with E-state index in [1.54, 1.807) is 24.3 Å². The molecule has 1 heterocycles. The summed E-state index contributed by atoms with van der Waals surface area (Å²) >= 11 is 0. The smallest absolute Gasteiger partial charge is 0.404 e. The van der Waals surface area contributed by atoms with Gasteiger partial charge in [0, 0.05) is 0 Å². The Morgan fingerprint density at radius 3 is 2.24 bits per heavy atom. The molecule has 0 bridgehead atoms. The molecule has 2 aliphatic rings. The molecule has 1 aromatic rings. The number of benzene rings is 1. The van der Waals surface area contributed by atoms with Crippen LogP contribution in [0.2, 0.25) is 0 Å². The molecule has 3 rings (SSSR count). The van der Waals surface area contributed by atoms with Crippen molar-refractivity contribution in [3.8, 4) is 5.75 Å². The molecule has 1 aromatic carbocycles. The molecule has 9 nitrogen and oxygen atoms in total. The Morgan fingerprint density at radius 1 is 0.960 bits per heavy atom. The molecule has 0 spiro atoms. The maximum Gasteiger partial charge on any atom is 0.530 e. The van der Waals surface area contributed by atoms with Gasteiger partial charge in [-0.05, 0) is 24.5 Å². The summed E-state index contributed by atoms with van der Waals surface area (Å²) < 4.78 is 28.7. The molecule has 0 amide bonds. The van der Waals surface area contributed by atoms with Crippen LogP contribution in [0, 0.1) is 0 Å². The highest BCUT2D eigenvalue weighted by molar-refractivity contribution is 7.49. The average molecular weight is 376 g/mol. The predicted molar refractivity (Wildman–Crippen MR) is 83.9 cm³/mol. The molecule has 140 valence electrons. The van der Waals surface area contributed by atoms with Gasteiger partial charge in [-0.1, -0.05) is 18.2 Å². The summed E-state index contributed by atoms with van der Waals surface area (Å²) in [5.41, 5.74) is 0.801. The largest absolute Gasteiger partial charge is 0.530 e. The lowest BCUT2D eigenvalue weighted by atomic mass is 9.85. The van der Waals surface area contributed by atoms with E-state index in [1.165, 1.54) is 0 Å². The van der Waals surface area contributed by atoms with Crippen LogP contribution >= 0.6 is 7.82 Å². The van der Waals surface area contributed by atoms with Gasteiger partial charge >= 0.3 is 7.82 Å². The zero-order valence-corrected chi connectivity index (χ0v) is 14.1. The molecule has 1 saturated carbocycles. The first-order valence-corrected chi connectivity index (χ1v) is 9.39. The molecule has 5 N–H and O–H groups in total. The Balaban J connectivity index is 1.84. The summed E-state index contributed by atoms with van der Waals surface area (Å²) in [7, 11) is -4.26. The molecule has 1 aliphatic heterocycles. The first-order valence-electron chi connectivity index (χ1n) is 7.93. The van der Waals surface area contributed by atoms with E-state index >= 15 is 0 Å². The summed E-state index contributed by atoms with van der Waals surface area (Å²) in [6, 6.07) is 6.87. The zero-order valence-electron chi connectivity index (χ0n) is 13.2. The Kier molecular flexibility index (Phi) is 5.48. The van der Waals surface area contributed by atoms with E-state index in [0.29, 0.717) is 12.8 Å². The van der Waals surface area contributed by atoms with Gasteiger partial charge in [0.1, 0.15) is 42.4 Å².